The van der Waals surface area contributed by atoms with Crippen LogP contribution in [0.25, 0.3) is 11.4 Å². The van der Waals surface area contributed by atoms with Gasteiger partial charge < -0.3 is 14.6 Å². The summed E-state index contributed by atoms with van der Waals surface area (Å²) in [6.45, 7) is 2.02. The Labute approximate surface area is 166 Å². The van der Waals surface area contributed by atoms with Gasteiger partial charge in [0.25, 0.3) is 5.91 Å². The van der Waals surface area contributed by atoms with Gasteiger partial charge in [0.15, 0.2) is 23.4 Å². The average molecular weight is 394 g/mol. The smallest absolute Gasteiger partial charge is 0.262 e. The molecule has 28 heavy (non-hydrogen) atoms. The summed E-state index contributed by atoms with van der Waals surface area (Å²) in [5, 5.41) is 11.9. The molecule has 0 aliphatic carbocycles. The van der Waals surface area contributed by atoms with Crippen molar-refractivity contribution in [1.82, 2.24) is 14.8 Å². The molecule has 3 aromatic rings. The average Bonchev–Trinajstić information content (AvgIpc) is 3.06. The van der Waals surface area contributed by atoms with Crippen LogP contribution in [0.15, 0.2) is 47.6 Å². The normalized spacial score (nSPS) is 12.9. The molecule has 1 aliphatic rings. The van der Waals surface area contributed by atoms with Crippen LogP contribution < -0.4 is 10.1 Å². The number of thioether (sulfide) groups is 1. The first-order valence-corrected chi connectivity index (χ1v) is 9.69. The molecule has 7 nitrogen and oxygen atoms in total. The van der Waals surface area contributed by atoms with E-state index in [-0.39, 0.29) is 24.1 Å². The monoisotopic (exact) mass is 394 g/mol. The summed E-state index contributed by atoms with van der Waals surface area (Å²) < 4.78 is 7.20. The number of rotatable bonds is 5. The maximum absolute atomic E-state index is 12.6. The molecule has 0 saturated carbocycles. The lowest BCUT2D eigenvalue weighted by atomic mass is 10.1. The van der Waals surface area contributed by atoms with Gasteiger partial charge in [-0.3, -0.25) is 9.59 Å². The number of fused-ring (bicyclic) bond motifs is 1. The third-order valence-corrected chi connectivity index (χ3v) is 5.40. The van der Waals surface area contributed by atoms with E-state index in [0.29, 0.717) is 22.2 Å². The van der Waals surface area contributed by atoms with Crippen molar-refractivity contribution in [2.75, 3.05) is 17.7 Å². The number of hydrogen-bond acceptors (Lipinski definition) is 6. The van der Waals surface area contributed by atoms with Gasteiger partial charge in [-0.15, -0.1) is 10.2 Å². The Hall–Kier alpha value is -3.13. The van der Waals surface area contributed by atoms with Gasteiger partial charge in [0, 0.05) is 18.2 Å². The summed E-state index contributed by atoms with van der Waals surface area (Å²) in [5.41, 5.74) is 3.16. The Kier molecular flexibility index (Phi) is 4.87. The van der Waals surface area contributed by atoms with E-state index in [1.54, 1.807) is 18.2 Å². The molecule has 0 atom stereocenters. The molecule has 0 saturated heterocycles. The summed E-state index contributed by atoms with van der Waals surface area (Å²) in [6, 6.07) is 13.1. The Balaban J connectivity index is 1.47. The maximum Gasteiger partial charge on any atom is 0.262 e. The summed E-state index contributed by atoms with van der Waals surface area (Å²) in [6.07, 6.45) is 0. The zero-order valence-corrected chi connectivity index (χ0v) is 16.2. The fraction of sp³-hybridized carbons (Fsp3) is 0.200. The Morgan fingerprint density at radius 1 is 1.25 bits per heavy atom. The first kappa shape index (κ1) is 18.2. The van der Waals surface area contributed by atoms with Gasteiger partial charge in [-0.05, 0) is 31.2 Å². The van der Waals surface area contributed by atoms with Gasteiger partial charge >= 0.3 is 0 Å². The summed E-state index contributed by atoms with van der Waals surface area (Å²) in [4.78, 5) is 24.0. The minimum Gasteiger partial charge on any atom is -0.482 e. The van der Waals surface area contributed by atoms with Gasteiger partial charge in [-0.2, -0.15) is 0 Å². The molecule has 2 aromatic carbocycles. The highest BCUT2D eigenvalue weighted by atomic mass is 32.2. The van der Waals surface area contributed by atoms with Gasteiger partial charge in [0.2, 0.25) is 0 Å². The summed E-state index contributed by atoms with van der Waals surface area (Å²) in [7, 11) is 1.89. The zero-order valence-electron chi connectivity index (χ0n) is 15.4. The number of benzene rings is 2. The number of carbonyl (C=O) groups is 2. The van der Waals surface area contributed by atoms with Crippen LogP contribution in [0.5, 0.6) is 5.75 Å². The lowest BCUT2D eigenvalue weighted by molar-refractivity contribution is -0.118. The third-order valence-electron chi connectivity index (χ3n) is 4.38. The first-order chi connectivity index (χ1) is 13.5. The number of ketones is 1. The zero-order chi connectivity index (χ0) is 19.7. The Morgan fingerprint density at radius 2 is 2.11 bits per heavy atom. The second-order valence-electron chi connectivity index (χ2n) is 6.49. The highest BCUT2D eigenvalue weighted by molar-refractivity contribution is 7.99. The number of aryl methyl sites for hydroxylation is 1. The lowest BCUT2D eigenvalue weighted by Crippen LogP contribution is -2.25. The number of carbonyl (C=O) groups excluding carboxylic acids is 2. The van der Waals surface area contributed by atoms with E-state index in [0.717, 1.165) is 17.0 Å². The van der Waals surface area contributed by atoms with Gasteiger partial charge in [-0.1, -0.05) is 35.5 Å². The summed E-state index contributed by atoms with van der Waals surface area (Å²) in [5.74, 6) is 1.25. The van der Waals surface area contributed by atoms with Crippen molar-refractivity contribution in [3.05, 3.63) is 53.6 Å². The topological polar surface area (TPSA) is 86.1 Å². The second-order valence-corrected chi connectivity index (χ2v) is 7.44. The quantitative estimate of drug-likeness (QED) is 0.529. The maximum atomic E-state index is 12.6. The predicted octanol–water partition coefficient (Wildman–Crippen LogP) is 3.10. The Morgan fingerprint density at radius 3 is 2.93 bits per heavy atom. The number of nitrogens with one attached hydrogen (secondary N) is 1. The van der Waals surface area contributed by atoms with E-state index in [2.05, 4.69) is 15.5 Å². The van der Waals surface area contributed by atoms with Crippen LogP contribution in [0.2, 0.25) is 0 Å². The molecule has 1 aliphatic heterocycles. The molecule has 2 heterocycles. The van der Waals surface area contributed by atoms with Crippen molar-refractivity contribution < 1.29 is 14.3 Å². The number of ether oxygens (including phenoxy) is 1. The number of nitrogens with zero attached hydrogens (tertiary/aromatic N) is 3. The highest BCUT2D eigenvalue weighted by Gasteiger charge is 2.19. The van der Waals surface area contributed by atoms with Crippen LogP contribution in [0.1, 0.15) is 15.9 Å². The van der Waals surface area contributed by atoms with Gasteiger partial charge in [0.05, 0.1) is 11.4 Å². The molecule has 1 aromatic heterocycles. The molecule has 1 N–H and O–H groups in total. The number of amides is 1. The lowest BCUT2D eigenvalue weighted by Gasteiger charge is -2.18. The number of aromatic nitrogens is 3. The minimum absolute atomic E-state index is 0.00836. The molecule has 4 rings (SSSR count). The van der Waals surface area contributed by atoms with Crippen LogP contribution >= 0.6 is 11.8 Å². The molecular weight excluding hydrogens is 376 g/mol. The van der Waals surface area contributed by atoms with E-state index in [9.17, 15) is 9.59 Å². The van der Waals surface area contributed by atoms with Crippen molar-refractivity contribution in [2.45, 2.75) is 12.1 Å². The van der Waals surface area contributed by atoms with E-state index >= 15 is 0 Å². The van der Waals surface area contributed by atoms with E-state index in [4.69, 9.17) is 4.74 Å². The summed E-state index contributed by atoms with van der Waals surface area (Å²) >= 11 is 1.33. The van der Waals surface area contributed by atoms with Crippen molar-refractivity contribution in [3.8, 4) is 17.1 Å². The van der Waals surface area contributed by atoms with Crippen molar-refractivity contribution >= 4 is 29.1 Å². The number of anilines is 1. The number of Topliss-reactive ketones (excluding diaryl/α,β-unsaturated/α-hetero) is 1. The Bertz CT molecular complexity index is 1080. The SMILES string of the molecule is Cc1cccc(-c2nnc(SCC(=O)c3ccc4c(c3)NC(=O)CO4)n2C)c1. The van der Waals surface area contributed by atoms with Crippen molar-refractivity contribution in [2.24, 2.45) is 7.05 Å². The molecule has 0 radical (unpaired) electrons. The van der Waals surface area contributed by atoms with Crippen LogP contribution in [0.4, 0.5) is 5.69 Å². The highest BCUT2D eigenvalue weighted by Crippen LogP contribution is 2.29. The van der Waals surface area contributed by atoms with Gasteiger partial charge in [0.1, 0.15) is 5.75 Å². The molecule has 142 valence electrons. The molecule has 8 heteroatoms. The molecule has 0 spiro atoms. The van der Waals surface area contributed by atoms with Crippen LogP contribution in [-0.4, -0.2) is 38.8 Å². The van der Waals surface area contributed by atoms with Crippen LogP contribution in [-0.2, 0) is 11.8 Å². The molecule has 1 amide bonds. The second kappa shape index (κ2) is 7.47. The van der Waals surface area contributed by atoms with E-state index in [1.807, 2.05) is 42.8 Å². The van der Waals surface area contributed by atoms with Crippen LogP contribution in [0.3, 0.4) is 0 Å². The number of hydrogen-bond donors (Lipinski definition) is 1. The van der Waals surface area contributed by atoms with E-state index in [1.165, 1.54) is 11.8 Å². The third kappa shape index (κ3) is 3.63. The predicted molar refractivity (Wildman–Crippen MR) is 107 cm³/mol. The first-order valence-electron chi connectivity index (χ1n) is 8.70. The largest absolute Gasteiger partial charge is 0.482 e. The fourth-order valence-electron chi connectivity index (χ4n) is 2.95. The van der Waals surface area contributed by atoms with E-state index < -0.39 is 0 Å². The molecular formula is C20H18N4O3S. The van der Waals surface area contributed by atoms with Crippen molar-refractivity contribution in [3.63, 3.8) is 0 Å². The standard InChI is InChI=1S/C20H18N4O3S/c1-12-4-3-5-14(8-12)19-22-23-20(24(19)2)28-11-16(25)13-6-7-17-15(9-13)21-18(26)10-27-17/h3-9H,10-11H2,1-2H3,(H,21,26). The minimum atomic E-state index is -0.228. The molecule has 0 fully saturated rings. The van der Waals surface area contributed by atoms with Crippen LogP contribution in [0, 0.1) is 6.92 Å². The fourth-order valence-corrected chi connectivity index (χ4v) is 3.75. The molecule has 0 bridgehead atoms. The van der Waals surface area contributed by atoms with Gasteiger partial charge in [-0.25, -0.2) is 0 Å². The van der Waals surface area contributed by atoms with Crippen molar-refractivity contribution in [1.29, 1.82) is 0 Å². The molecule has 0 unspecified atom stereocenters.